The van der Waals surface area contributed by atoms with Gasteiger partial charge in [-0.25, -0.2) is 9.78 Å². The second-order valence-corrected chi connectivity index (χ2v) is 3.61. The Hall–Kier alpha value is -1.10. The van der Waals surface area contributed by atoms with Crippen molar-refractivity contribution in [2.75, 3.05) is 5.75 Å². The Labute approximate surface area is 80.4 Å². The molecule has 1 heterocycles. The van der Waals surface area contributed by atoms with Gasteiger partial charge in [0.15, 0.2) is 5.69 Å². The van der Waals surface area contributed by atoms with Gasteiger partial charge in [-0.2, -0.15) is 11.8 Å². The number of carboxylic acids is 1. The van der Waals surface area contributed by atoms with Gasteiger partial charge in [-0.05, 0) is 5.75 Å². The molecule has 1 N–H and O–H groups in total. The number of carboxylic acid groups (broad SMARTS) is 1. The smallest absolute Gasteiger partial charge is 0.356 e. The summed E-state index contributed by atoms with van der Waals surface area (Å²) in [6.45, 7) is 2.06. The van der Waals surface area contributed by atoms with Gasteiger partial charge in [0.1, 0.15) is 0 Å². The van der Waals surface area contributed by atoms with Gasteiger partial charge in [0, 0.05) is 5.75 Å². The molecule has 0 bridgehead atoms. The van der Waals surface area contributed by atoms with E-state index < -0.39 is 5.97 Å². The number of rotatable bonds is 4. The van der Waals surface area contributed by atoms with E-state index in [4.69, 9.17) is 5.11 Å². The van der Waals surface area contributed by atoms with E-state index in [1.165, 1.54) is 12.4 Å². The maximum atomic E-state index is 10.4. The summed E-state index contributed by atoms with van der Waals surface area (Å²) in [6, 6.07) is 0. The summed E-state index contributed by atoms with van der Waals surface area (Å²) in [5.74, 6) is 0.758. The second kappa shape index (κ2) is 4.81. The van der Waals surface area contributed by atoms with E-state index in [1.54, 1.807) is 11.8 Å². The third-order valence-electron chi connectivity index (χ3n) is 1.38. The standard InChI is InChI=1S/C8H10N2O2S/c1-2-13-5-6-3-10-7(4-9-6)8(11)12/h3-4H,2,5H2,1H3,(H,11,12). The summed E-state index contributed by atoms with van der Waals surface area (Å²) in [6.07, 6.45) is 2.79. The summed E-state index contributed by atoms with van der Waals surface area (Å²) in [5, 5.41) is 8.54. The largest absolute Gasteiger partial charge is 0.476 e. The number of nitrogens with zero attached hydrogens (tertiary/aromatic N) is 2. The van der Waals surface area contributed by atoms with Crippen LogP contribution in [0.4, 0.5) is 0 Å². The quantitative estimate of drug-likeness (QED) is 0.792. The molecule has 0 unspecified atom stereocenters. The van der Waals surface area contributed by atoms with Gasteiger partial charge in [-0.3, -0.25) is 4.98 Å². The molecule has 13 heavy (non-hydrogen) atoms. The van der Waals surface area contributed by atoms with Crippen molar-refractivity contribution in [1.29, 1.82) is 0 Å². The maximum absolute atomic E-state index is 10.4. The van der Waals surface area contributed by atoms with Crippen molar-refractivity contribution in [3.63, 3.8) is 0 Å². The fourth-order valence-electron chi connectivity index (χ4n) is 0.746. The molecule has 0 saturated carbocycles. The van der Waals surface area contributed by atoms with Crippen molar-refractivity contribution in [1.82, 2.24) is 9.97 Å². The van der Waals surface area contributed by atoms with Crippen LogP contribution in [0, 0.1) is 0 Å². The summed E-state index contributed by atoms with van der Waals surface area (Å²) in [5.41, 5.74) is 0.807. The number of hydrogen-bond donors (Lipinski definition) is 1. The van der Waals surface area contributed by atoms with Gasteiger partial charge >= 0.3 is 5.97 Å². The highest BCUT2D eigenvalue weighted by Gasteiger charge is 2.03. The first-order valence-corrected chi connectivity index (χ1v) is 5.01. The van der Waals surface area contributed by atoms with Crippen molar-refractivity contribution in [2.45, 2.75) is 12.7 Å². The molecule has 0 atom stereocenters. The Kier molecular flexibility index (Phi) is 3.70. The molecule has 1 rings (SSSR count). The lowest BCUT2D eigenvalue weighted by molar-refractivity contribution is 0.0690. The van der Waals surface area contributed by atoms with Crippen molar-refractivity contribution >= 4 is 17.7 Å². The Balaban J connectivity index is 2.64. The van der Waals surface area contributed by atoms with Crippen LogP contribution in [0.3, 0.4) is 0 Å². The van der Waals surface area contributed by atoms with E-state index in [1.807, 2.05) is 0 Å². The van der Waals surface area contributed by atoms with Crippen molar-refractivity contribution < 1.29 is 9.90 Å². The zero-order valence-corrected chi connectivity index (χ0v) is 8.04. The van der Waals surface area contributed by atoms with E-state index in [0.717, 1.165) is 17.2 Å². The predicted molar refractivity (Wildman–Crippen MR) is 50.8 cm³/mol. The minimum Gasteiger partial charge on any atom is -0.476 e. The molecule has 1 aromatic rings. The van der Waals surface area contributed by atoms with Crippen molar-refractivity contribution in [3.05, 3.63) is 23.8 Å². The number of carbonyl (C=O) groups is 1. The first-order valence-electron chi connectivity index (χ1n) is 3.86. The summed E-state index contributed by atoms with van der Waals surface area (Å²) in [7, 11) is 0. The lowest BCUT2D eigenvalue weighted by Crippen LogP contribution is -2.02. The van der Waals surface area contributed by atoms with Crippen LogP contribution in [-0.2, 0) is 5.75 Å². The lowest BCUT2D eigenvalue weighted by Gasteiger charge is -1.98. The third kappa shape index (κ3) is 3.02. The minimum absolute atomic E-state index is 0.00903. The second-order valence-electron chi connectivity index (χ2n) is 2.34. The highest BCUT2D eigenvalue weighted by atomic mass is 32.2. The van der Waals surface area contributed by atoms with Gasteiger partial charge in [0.25, 0.3) is 0 Å². The van der Waals surface area contributed by atoms with E-state index in [2.05, 4.69) is 16.9 Å². The molecule has 1 aromatic heterocycles. The Morgan fingerprint density at radius 3 is 2.77 bits per heavy atom. The molecular formula is C8H10N2O2S. The summed E-state index contributed by atoms with van der Waals surface area (Å²) < 4.78 is 0. The predicted octanol–water partition coefficient (Wildman–Crippen LogP) is 1.43. The van der Waals surface area contributed by atoms with Crippen LogP contribution < -0.4 is 0 Å². The third-order valence-corrected chi connectivity index (χ3v) is 2.29. The number of hydrogen-bond acceptors (Lipinski definition) is 4. The Morgan fingerprint density at radius 1 is 1.54 bits per heavy atom. The first kappa shape index (κ1) is 9.98. The highest BCUT2D eigenvalue weighted by molar-refractivity contribution is 7.98. The minimum atomic E-state index is -1.04. The normalized spacial score (nSPS) is 9.92. The number of aromatic nitrogens is 2. The zero-order valence-electron chi connectivity index (χ0n) is 7.23. The van der Waals surface area contributed by atoms with Gasteiger partial charge < -0.3 is 5.11 Å². The molecular weight excluding hydrogens is 188 g/mol. The average molecular weight is 198 g/mol. The first-order chi connectivity index (χ1) is 6.24. The fraction of sp³-hybridized carbons (Fsp3) is 0.375. The van der Waals surface area contributed by atoms with Gasteiger partial charge in [0.05, 0.1) is 18.1 Å². The fourth-order valence-corrected chi connectivity index (χ4v) is 1.31. The molecule has 70 valence electrons. The maximum Gasteiger partial charge on any atom is 0.356 e. The van der Waals surface area contributed by atoms with E-state index in [9.17, 15) is 4.79 Å². The highest BCUT2D eigenvalue weighted by Crippen LogP contribution is 2.07. The number of aromatic carboxylic acids is 1. The van der Waals surface area contributed by atoms with Crippen LogP contribution in [0.5, 0.6) is 0 Å². The van der Waals surface area contributed by atoms with E-state index >= 15 is 0 Å². The molecule has 0 radical (unpaired) electrons. The van der Waals surface area contributed by atoms with Crippen LogP contribution in [0.25, 0.3) is 0 Å². The van der Waals surface area contributed by atoms with Crippen LogP contribution in [-0.4, -0.2) is 26.8 Å². The van der Waals surface area contributed by atoms with Gasteiger partial charge in [0.2, 0.25) is 0 Å². The van der Waals surface area contributed by atoms with Gasteiger partial charge in [-0.15, -0.1) is 0 Å². The Bertz CT molecular complexity index is 287. The van der Waals surface area contributed by atoms with Crippen LogP contribution in [0.2, 0.25) is 0 Å². The van der Waals surface area contributed by atoms with Gasteiger partial charge in [-0.1, -0.05) is 6.92 Å². The monoisotopic (exact) mass is 198 g/mol. The van der Waals surface area contributed by atoms with Crippen LogP contribution >= 0.6 is 11.8 Å². The Morgan fingerprint density at radius 2 is 2.31 bits per heavy atom. The molecule has 0 saturated heterocycles. The SMILES string of the molecule is CCSCc1cnc(C(=O)O)cn1. The molecule has 0 fully saturated rings. The molecule has 0 aliphatic carbocycles. The van der Waals surface area contributed by atoms with Crippen molar-refractivity contribution in [3.8, 4) is 0 Å². The number of thioether (sulfide) groups is 1. The molecule has 0 aliphatic heterocycles. The average Bonchev–Trinajstić information content (AvgIpc) is 2.15. The van der Waals surface area contributed by atoms with E-state index in [-0.39, 0.29) is 5.69 Å². The van der Waals surface area contributed by atoms with Crippen LogP contribution in [0.15, 0.2) is 12.4 Å². The lowest BCUT2D eigenvalue weighted by atomic mass is 10.4. The molecule has 0 amide bonds. The molecule has 0 aromatic carbocycles. The molecule has 5 heteroatoms. The summed E-state index contributed by atoms with van der Waals surface area (Å²) >= 11 is 1.73. The zero-order chi connectivity index (χ0) is 9.68. The molecule has 0 aliphatic rings. The molecule has 4 nitrogen and oxygen atoms in total. The van der Waals surface area contributed by atoms with Crippen LogP contribution in [0.1, 0.15) is 23.1 Å². The van der Waals surface area contributed by atoms with E-state index in [0.29, 0.717) is 0 Å². The summed E-state index contributed by atoms with van der Waals surface area (Å²) in [4.78, 5) is 18.1. The van der Waals surface area contributed by atoms with Crippen molar-refractivity contribution in [2.24, 2.45) is 0 Å². The topological polar surface area (TPSA) is 63.1 Å². The molecule has 0 spiro atoms.